The standard InChI is InChI=1S/C11H16BrN3O3/c1-4-14(7-11(2,3)16)10-9(15(17)18)5-8(12)6-13-10/h5-6,16H,4,7H2,1-3H3. The second kappa shape index (κ2) is 5.62. The zero-order chi connectivity index (χ0) is 13.9. The first-order chi connectivity index (χ1) is 8.24. The first-order valence-corrected chi connectivity index (χ1v) is 6.31. The fourth-order valence-corrected chi connectivity index (χ4v) is 1.92. The summed E-state index contributed by atoms with van der Waals surface area (Å²) in [4.78, 5) is 16.3. The molecule has 0 bridgehead atoms. The van der Waals surface area contributed by atoms with E-state index in [0.29, 0.717) is 11.0 Å². The summed E-state index contributed by atoms with van der Waals surface area (Å²) < 4.78 is 0.553. The monoisotopic (exact) mass is 317 g/mol. The number of aliphatic hydroxyl groups is 1. The van der Waals surface area contributed by atoms with Crippen molar-refractivity contribution in [1.29, 1.82) is 0 Å². The Bertz CT molecular complexity index is 446. The van der Waals surface area contributed by atoms with E-state index in [1.165, 1.54) is 12.3 Å². The second-order valence-electron chi connectivity index (χ2n) is 4.58. The highest BCUT2D eigenvalue weighted by atomic mass is 79.9. The molecule has 1 aromatic rings. The Kier molecular flexibility index (Phi) is 4.64. The molecule has 18 heavy (non-hydrogen) atoms. The molecule has 100 valence electrons. The number of halogens is 1. The zero-order valence-corrected chi connectivity index (χ0v) is 12.1. The molecule has 0 unspecified atom stereocenters. The highest BCUT2D eigenvalue weighted by Crippen LogP contribution is 2.29. The van der Waals surface area contributed by atoms with E-state index in [9.17, 15) is 15.2 Å². The summed E-state index contributed by atoms with van der Waals surface area (Å²) in [5.41, 5.74) is -1.02. The number of nitro groups is 1. The van der Waals surface area contributed by atoms with Crippen molar-refractivity contribution in [3.8, 4) is 0 Å². The van der Waals surface area contributed by atoms with Crippen LogP contribution in [0.15, 0.2) is 16.7 Å². The van der Waals surface area contributed by atoms with E-state index < -0.39 is 10.5 Å². The van der Waals surface area contributed by atoms with Crippen LogP contribution in [0, 0.1) is 10.1 Å². The third-order valence-electron chi connectivity index (χ3n) is 2.27. The molecule has 0 aliphatic rings. The highest BCUT2D eigenvalue weighted by molar-refractivity contribution is 9.10. The van der Waals surface area contributed by atoms with E-state index in [2.05, 4.69) is 20.9 Å². The molecule has 0 fully saturated rings. The van der Waals surface area contributed by atoms with E-state index >= 15 is 0 Å². The van der Waals surface area contributed by atoms with Crippen LogP contribution < -0.4 is 4.90 Å². The maximum Gasteiger partial charge on any atom is 0.312 e. The molecule has 0 spiro atoms. The van der Waals surface area contributed by atoms with Crippen molar-refractivity contribution in [2.75, 3.05) is 18.0 Å². The molecule has 0 amide bonds. The van der Waals surface area contributed by atoms with Crippen LogP contribution in [0.1, 0.15) is 20.8 Å². The Labute approximate surface area is 114 Å². The Hall–Kier alpha value is -1.21. The Morgan fingerprint density at radius 1 is 1.61 bits per heavy atom. The fourth-order valence-electron chi connectivity index (χ4n) is 1.60. The topological polar surface area (TPSA) is 79.5 Å². The molecule has 6 nitrogen and oxygen atoms in total. The first kappa shape index (κ1) is 14.8. The molecule has 7 heteroatoms. The fraction of sp³-hybridized carbons (Fsp3) is 0.545. The van der Waals surface area contributed by atoms with Gasteiger partial charge in [0.05, 0.1) is 10.5 Å². The number of rotatable bonds is 5. The van der Waals surface area contributed by atoms with Gasteiger partial charge < -0.3 is 10.0 Å². The lowest BCUT2D eigenvalue weighted by atomic mass is 10.1. The predicted molar refractivity (Wildman–Crippen MR) is 72.8 cm³/mol. The Morgan fingerprint density at radius 2 is 2.22 bits per heavy atom. The minimum atomic E-state index is -0.946. The van der Waals surface area contributed by atoms with Crippen molar-refractivity contribution in [2.24, 2.45) is 0 Å². The quantitative estimate of drug-likeness (QED) is 0.666. The van der Waals surface area contributed by atoms with Gasteiger partial charge in [0.2, 0.25) is 5.82 Å². The molecule has 1 rings (SSSR count). The molecule has 0 aliphatic heterocycles. The van der Waals surface area contributed by atoms with Crippen molar-refractivity contribution in [3.05, 3.63) is 26.9 Å². The van der Waals surface area contributed by atoms with E-state index in [-0.39, 0.29) is 18.1 Å². The number of likely N-dealkylation sites (N-methyl/N-ethyl adjacent to an activating group) is 1. The molecule has 0 aliphatic carbocycles. The van der Waals surface area contributed by atoms with Crippen molar-refractivity contribution in [1.82, 2.24) is 4.98 Å². The Morgan fingerprint density at radius 3 is 2.67 bits per heavy atom. The van der Waals surface area contributed by atoms with Crippen LogP contribution in [0.4, 0.5) is 11.5 Å². The molecular formula is C11H16BrN3O3. The van der Waals surface area contributed by atoms with Gasteiger partial charge in [0, 0.05) is 29.8 Å². The van der Waals surface area contributed by atoms with Crippen molar-refractivity contribution in [2.45, 2.75) is 26.4 Å². The SMILES string of the molecule is CCN(CC(C)(C)O)c1ncc(Br)cc1[N+](=O)[O-]. The lowest BCUT2D eigenvalue weighted by molar-refractivity contribution is -0.384. The summed E-state index contributed by atoms with van der Waals surface area (Å²) in [6.07, 6.45) is 1.51. The summed E-state index contributed by atoms with van der Waals surface area (Å²) in [5.74, 6) is 0.271. The summed E-state index contributed by atoms with van der Waals surface area (Å²) in [5, 5.41) is 20.8. The molecule has 0 saturated carbocycles. The van der Waals surface area contributed by atoms with E-state index in [1.807, 2.05) is 6.92 Å². The molecular weight excluding hydrogens is 302 g/mol. The maximum absolute atomic E-state index is 11.0. The van der Waals surface area contributed by atoms with Crippen molar-refractivity contribution in [3.63, 3.8) is 0 Å². The number of hydrogen-bond acceptors (Lipinski definition) is 5. The van der Waals surface area contributed by atoms with Gasteiger partial charge in [0.15, 0.2) is 0 Å². The minimum absolute atomic E-state index is 0.0736. The van der Waals surface area contributed by atoms with Crippen molar-refractivity contribution < 1.29 is 10.0 Å². The predicted octanol–water partition coefficient (Wildman–Crippen LogP) is 2.35. The van der Waals surface area contributed by atoms with Gasteiger partial charge in [-0.3, -0.25) is 10.1 Å². The summed E-state index contributed by atoms with van der Waals surface area (Å²) >= 11 is 3.16. The molecule has 0 aromatic carbocycles. The highest BCUT2D eigenvalue weighted by Gasteiger charge is 2.25. The van der Waals surface area contributed by atoms with Crippen LogP contribution in [0.25, 0.3) is 0 Å². The molecule has 0 saturated heterocycles. The van der Waals surface area contributed by atoms with Crippen LogP contribution >= 0.6 is 15.9 Å². The van der Waals surface area contributed by atoms with Gasteiger partial charge >= 0.3 is 5.69 Å². The third kappa shape index (κ3) is 3.92. The molecule has 1 heterocycles. The van der Waals surface area contributed by atoms with Crippen LogP contribution in [0.3, 0.4) is 0 Å². The number of nitrogens with zero attached hydrogens (tertiary/aromatic N) is 3. The average Bonchev–Trinajstić information content (AvgIpc) is 2.24. The van der Waals surface area contributed by atoms with E-state index in [1.54, 1.807) is 18.7 Å². The van der Waals surface area contributed by atoms with Crippen molar-refractivity contribution >= 4 is 27.4 Å². The first-order valence-electron chi connectivity index (χ1n) is 5.52. The minimum Gasteiger partial charge on any atom is -0.389 e. The van der Waals surface area contributed by atoms with Gasteiger partial charge in [-0.2, -0.15) is 0 Å². The van der Waals surface area contributed by atoms with Crippen LogP contribution in [0.2, 0.25) is 0 Å². The smallest absolute Gasteiger partial charge is 0.312 e. The largest absolute Gasteiger partial charge is 0.389 e. The zero-order valence-electron chi connectivity index (χ0n) is 10.6. The van der Waals surface area contributed by atoms with Gasteiger partial charge in [-0.05, 0) is 36.7 Å². The summed E-state index contributed by atoms with van der Waals surface area (Å²) in [7, 11) is 0. The molecule has 0 atom stereocenters. The second-order valence-corrected chi connectivity index (χ2v) is 5.50. The van der Waals surface area contributed by atoms with Crippen LogP contribution in [-0.4, -0.2) is 33.7 Å². The third-order valence-corrected chi connectivity index (χ3v) is 2.70. The van der Waals surface area contributed by atoms with Gasteiger partial charge in [-0.25, -0.2) is 4.98 Å². The molecule has 1 N–H and O–H groups in total. The normalized spacial score (nSPS) is 11.4. The summed E-state index contributed by atoms with van der Waals surface area (Å²) in [6, 6.07) is 1.41. The number of pyridine rings is 1. The lowest BCUT2D eigenvalue weighted by Crippen LogP contribution is -2.39. The van der Waals surface area contributed by atoms with Crippen LogP contribution in [0.5, 0.6) is 0 Å². The lowest BCUT2D eigenvalue weighted by Gasteiger charge is -2.28. The average molecular weight is 318 g/mol. The van der Waals surface area contributed by atoms with Gasteiger partial charge in [-0.15, -0.1) is 0 Å². The van der Waals surface area contributed by atoms with Gasteiger partial charge in [-0.1, -0.05) is 0 Å². The van der Waals surface area contributed by atoms with Crippen LogP contribution in [-0.2, 0) is 0 Å². The van der Waals surface area contributed by atoms with E-state index in [0.717, 1.165) is 0 Å². The van der Waals surface area contributed by atoms with Gasteiger partial charge in [0.1, 0.15) is 0 Å². The number of hydrogen-bond donors (Lipinski definition) is 1. The molecule has 1 aromatic heterocycles. The summed E-state index contributed by atoms with van der Waals surface area (Å²) in [6.45, 7) is 5.97. The van der Waals surface area contributed by atoms with Gasteiger partial charge in [0.25, 0.3) is 0 Å². The maximum atomic E-state index is 11.0. The van der Waals surface area contributed by atoms with E-state index in [4.69, 9.17) is 0 Å². The number of aromatic nitrogens is 1. The molecule has 0 radical (unpaired) electrons. The Balaban J connectivity index is 3.17. The number of anilines is 1.